The number of nitrogens with one attached hydrogen (secondary N) is 2. The molecule has 3 nitrogen and oxygen atoms in total. The smallest absolute Gasteiger partial charge is 0.221 e. The number of carbonyl (C=O) groups is 1. The van der Waals surface area contributed by atoms with E-state index in [1.807, 2.05) is 0 Å². The molecule has 0 aliphatic heterocycles. The summed E-state index contributed by atoms with van der Waals surface area (Å²) in [4.78, 5) is 11.1. The number of benzene rings is 2. The number of carbonyl (C=O) groups excluding carboxylic acids is 1. The van der Waals surface area contributed by atoms with Gasteiger partial charge in [0.15, 0.2) is 11.6 Å². The summed E-state index contributed by atoms with van der Waals surface area (Å²) in [6.45, 7) is 1.44. The van der Waals surface area contributed by atoms with Gasteiger partial charge in [-0.25, -0.2) is 13.2 Å². The Morgan fingerprint density at radius 1 is 1.10 bits per heavy atom. The summed E-state index contributed by atoms with van der Waals surface area (Å²) in [5, 5.41) is 5.19. The SMILES string of the molecule is CC(=O)Nc1ccccc1CNc1c(F)cc(F)cc1F. The van der Waals surface area contributed by atoms with E-state index in [0.717, 1.165) is 0 Å². The van der Waals surface area contributed by atoms with Crippen LogP contribution in [0.1, 0.15) is 12.5 Å². The molecule has 0 aliphatic carbocycles. The van der Waals surface area contributed by atoms with E-state index in [1.165, 1.54) is 6.92 Å². The molecule has 0 atom stereocenters. The monoisotopic (exact) mass is 294 g/mol. The summed E-state index contributed by atoms with van der Waals surface area (Å²) in [6, 6.07) is 8.05. The molecule has 0 unspecified atom stereocenters. The molecule has 0 aromatic heterocycles. The maximum Gasteiger partial charge on any atom is 0.221 e. The summed E-state index contributed by atoms with van der Waals surface area (Å²) in [7, 11) is 0. The first kappa shape index (κ1) is 14.9. The molecule has 2 aromatic carbocycles. The first-order chi connectivity index (χ1) is 9.97. The summed E-state index contributed by atoms with van der Waals surface area (Å²) >= 11 is 0. The van der Waals surface area contributed by atoms with E-state index in [2.05, 4.69) is 10.6 Å². The molecule has 2 N–H and O–H groups in total. The zero-order valence-electron chi connectivity index (χ0n) is 11.2. The van der Waals surface area contributed by atoms with Crippen LogP contribution >= 0.6 is 0 Å². The molecule has 6 heteroatoms. The molecule has 0 saturated carbocycles. The van der Waals surface area contributed by atoms with E-state index >= 15 is 0 Å². The van der Waals surface area contributed by atoms with Crippen molar-refractivity contribution in [2.24, 2.45) is 0 Å². The van der Waals surface area contributed by atoms with Crippen LogP contribution in [-0.4, -0.2) is 5.91 Å². The topological polar surface area (TPSA) is 41.1 Å². The fourth-order valence-corrected chi connectivity index (χ4v) is 1.88. The predicted octanol–water partition coefficient (Wildman–Crippen LogP) is 3.67. The third-order valence-electron chi connectivity index (χ3n) is 2.79. The van der Waals surface area contributed by atoms with Crippen molar-refractivity contribution in [2.75, 3.05) is 10.6 Å². The van der Waals surface area contributed by atoms with Crippen molar-refractivity contribution >= 4 is 17.3 Å². The number of anilines is 2. The molecule has 21 heavy (non-hydrogen) atoms. The first-order valence-corrected chi connectivity index (χ1v) is 6.21. The van der Waals surface area contributed by atoms with Gasteiger partial charge in [-0.05, 0) is 11.6 Å². The molecule has 0 radical (unpaired) electrons. The van der Waals surface area contributed by atoms with Gasteiger partial charge in [-0.3, -0.25) is 4.79 Å². The Labute approximate surface area is 119 Å². The Morgan fingerprint density at radius 2 is 1.71 bits per heavy atom. The van der Waals surface area contributed by atoms with E-state index in [-0.39, 0.29) is 12.5 Å². The Balaban J connectivity index is 2.19. The Morgan fingerprint density at radius 3 is 2.33 bits per heavy atom. The predicted molar refractivity (Wildman–Crippen MR) is 74.4 cm³/mol. The molecule has 0 fully saturated rings. The van der Waals surface area contributed by atoms with Gasteiger partial charge in [-0.15, -0.1) is 0 Å². The van der Waals surface area contributed by atoms with Gasteiger partial charge in [0, 0.05) is 31.3 Å². The lowest BCUT2D eigenvalue weighted by Gasteiger charge is -2.12. The van der Waals surface area contributed by atoms with Gasteiger partial charge >= 0.3 is 0 Å². The standard InChI is InChI=1S/C15H13F3N2O/c1-9(21)20-14-5-3-2-4-10(14)8-19-15-12(17)6-11(16)7-13(15)18/h2-7,19H,8H2,1H3,(H,20,21). The van der Waals surface area contributed by atoms with Crippen LogP contribution in [0.3, 0.4) is 0 Å². The highest BCUT2D eigenvalue weighted by Crippen LogP contribution is 2.22. The molecule has 0 aliphatic rings. The van der Waals surface area contributed by atoms with E-state index in [4.69, 9.17) is 0 Å². The van der Waals surface area contributed by atoms with Gasteiger partial charge in [-0.1, -0.05) is 18.2 Å². The van der Waals surface area contributed by atoms with Crippen molar-refractivity contribution < 1.29 is 18.0 Å². The molecule has 2 rings (SSSR count). The van der Waals surface area contributed by atoms with Crippen LogP contribution in [0.2, 0.25) is 0 Å². The lowest BCUT2D eigenvalue weighted by molar-refractivity contribution is -0.114. The van der Waals surface area contributed by atoms with E-state index in [0.29, 0.717) is 23.4 Å². The number of halogens is 3. The van der Waals surface area contributed by atoms with Gasteiger partial charge in [0.1, 0.15) is 11.5 Å². The van der Waals surface area contributed by atoms with Crippen molar-refractivity contribution in [1.82, 2.24) is 0 Å². The number of rotatable bonds is 4. The van der Waals surface area contributed by atoms with E-state index in [9.17, 15) is 18.0 Å². The quantitative estimate of drug-likeness (QED) is 0.903. The van der Waals surface area contributed by atoms with Crippen LogP contribution in [0.25, 0.3) is 0 Å². The third-order valence-corrected chi connectivity index (χ3v) is 2.79. The summed E-state index contributed by atoms with van der Waals surface area (Å²) in [6.07, 6.45) is 0. The number of para-hydroxylation sites is 1. The molecular formula is C15H13F3N2O. The lowest BCUT2D eigenvalue weighted by Crippen LogP contribution is -2.11. The maximum atomic E-state index is 13.5. The molecular weight excluding hydrogens is 281 g/mol. The molecule has 2 aromatic rings. The number of hydrogen-bond donors (Lipinski definition) is 2. The molecule has 0 spiro atoms. The van der Waals surface area contributed by atoms with Gasteiger partial charge in [0.25, 0.3) is 0 Å². The first-order valence-electron chi connectivity index (χ1n) is 6.21. The molecule has 0 heterocycles. The minimum atomic E-state index is -1.01. The van der Waals surface area contributed by atoms with Gasteiger partial charge in [0.05, 0.1) is 0 Å². The average Bonchev–Trinajstić information content (AvgIpc) is 2.38. The molecule has 0 saturated heterocycles. The van der Waals surface area contributed by atoms with E-state index < -0.39 is 23.1 Å². The Kier molecular flexibility index (Phi) is 4.47. The normalized spacial score (nSPS) is 10.3. The highest BCUT2D eigenvalue weighted by molar-refractivity contribution is 5.89. The second-order valence-electron chi connectivity index (χ2n) is 4.44. The zero-order chi connectivity index (χ0) is 15.4. The lowest BCUT2D eigenvalue weighted by atomic mass is 10.1. The van der Waals surface area contributed by atoms with E-state index in [1.54, 1.807) is 24.3 Å². The second-order valence-corrected chi connectivity index (χ2v) is 4.44. The summed E-state index contributed by atoms with van der Waals surface area (Å²) in [5.74, 6) is -3.25. The fraction of sp³-hybridized carbons (Fsp3) is 0.133. The average molecular weight is 294 g/mol. The van der Waals surface area contributed by atoms with Crippen molar-refractivity contribution in [3.8, 4) is 0 Å². The largest absolute Gasteiger partial charge is 0.376 e. The fourth-order valence-electron chi connectivity index (χ4n) is 1.88. The minimum Gasteiger partial charge on any atom is -0.376 e. The minimum absolute atomic E-state index is 0.0793. The maximum absolute atomic E-state index is 13.5. The van der Waals surface area contributed by atoms with Crippen molar-refractivity contribution in [1.29, 1.82) is 0 Å². The highest BCUT2D eigenvalue weighted by atomic mass is 19.1. The molecule has 1 amide bonds. The van der Waals surface area contributed by atoms with Gasteiger partial charge in [0.2, 0.25) is 5.91 Å². The zero-order valence-corrected chi connectivity index (χ0v) is 11.2. The molecule has 110 valence electrons. The summed E-state index contributed by atoms with van der Waals surface area (Å²) in [5.41, 5.74) is 0.783. The van der Waals surface area contributed by atoms with Crippen LogP contribution in [-0.2, 0) is 11.3 Å². The third kappa shape index (κ3) is 3.75. The van der Waals surface area contributed by atoms with Crippen molar-refractivity contribution in [2.45, 2.75) is 13.5 Å². The van der Waals surface area contributed by atoms with Crippen LogP contribution in [0.4, 0.5) is 24.5 Å². The highest BCUT2D eigenvalue weighted by Gasteiger charge is 2.12. The summed E-state index contributed by atoms with van der Waals surface area (Å²) < 4.78 is 39.8. The van der Waals surface area contributed by atoms with Crippen molar-refractivity contribution in [3.05, 3.63) is 59.4 Å². The number of hydrogen-bond acceptors (Lipinski definition) is 2. The Bertz CT molecular complexity index is 651. The van der Waals surface area contributed by atoms with Crippen LogP contribution < -0.4 is 10.6 Å². The number of amides is 1. The van der Waals surface area contributed by atoms with Gasteiger partial charge in [-0.2, -0.15) is 0 Å². The van der Waals surface area contributed by atoms with Crippen LogP contribution in [0.5, 0.6) is 0 Å². The second kappa shape index (κ2) is 6.30. The van der Waals surface area contributed by atoms with Crippen molar-refractivity contribution in [3.63, 3.8) is 0 Å². The Hall–Kier alpha value is -2.50. The van der Waals surface area contributed by atoms with Gasteiger partial charge < -0.3 is 10.6 Å². The molecule has 0 bridgehead atoms. The van der Waals surface area contributed by atoms with Crippen LogP contribution in [0.15, 0.2) is 36.4 Å². The van der Waals surface area contributed by atoms with Crippen LogP contribution in [0, 0.1) is 17.5 Å².